The van der Waals surface area contributed by atoms with Gasteiger partial charge in [-0.2, -0.15) is 0 Å². The van der Waals surface area contributed by atoms with Gasteiger partial charge in [0.2, 0.25) is 0 Å². The molecule has 5 heteroatoms. The van der Waals surface area contributed by atoms with Gasteiger partial charge in [0, 0.05) is 19.3 Å². The molecule has 0 aromatic heterocycles. The Morgan fingerprint density at radius 2 is 2.24 bits per heavy atom. The third-order valence-corrected chi connectivity index (χ3v) is 4.48. The first-order valence-corrected chi connectivity index (χ1v) is 6.91. The Balaban J connectivity index is 1.90. The molecule has 0 bridgehead atoms. The van der Waals surface area contributed by atoms with Crippen LogP contribution < -0.4 is 0 Å². The first-order valence-electron chi connectivity index (χ1n) is 5.60. The highest BCUT2D eigenvalue weighted by atomic mass is 32.2. The summed E-state index contributed by atoms with van der Waals surface area (Å²) in [4.78, 5) is 11.8. The van der Waals surface area contributed by atoms with Gasteiger partial charge in [0.25, 0.3) is 0 Å². The van der Waals surface area contributed by atoms with Gasteiger partial charge in [0.1, 0.15) is 6.61 Å². The fraction of sp³-hybridized carbons (Fsp3) is 0.417. The van der Waals surface area contributed by atoms with Crippen LogP contribution in [-0.2, 0) is 22.2 Å². The zero-order valence-electron chi connectivity index (χ0n) is 9.83. The van der Waals surface area contributed by atoms with Crippen molar-refractivity contribution >= 4 is 17.0 Å². The molecule has 1 aliphatic rings. The highest BCUT2D eigenvalue weighted by molar-refractivity contribution is 7.85. The van der Waals surface area contributed by atoms with Crippen LogP contribution in [0.15, 0.2) is 34.7 Å². The van der Waals surface area contributed by atoms with Crippen molar-refractivity contribution in [2.45, 2.75) is 13.0 Å². The predicted molar refractivity (Wildman–Crippen MR) is 68.5 cm³/mol. The molecule has 0 aliphatic carbocycles. The molecule has 0 saturated carbocycles. The normalized spacial score (nSPS) is 19.6. The number of hydrogen-bond acceptors (Lipinski definition) is 3. The number of carbonyl (C=O) groups is 1. The Hall–Kier alpha value is -1.36. The zero-order chi connectivity index (χ0) is 12.1. The standard InChI is InChI=1S/C12H16N2O2S/c1-13-17-9-5-8-14(17)12(15)16-10-11-6-3-2-4-7-11/h2-4,6-7H,5,8-10H2,1H3. The maximum atomic E-state index is 11.8. The van der Waals surface area contributed by atoms with Gasteiger partial charge in [-0.05, 0) is 22.9 Å². The smallest absolute Gasteiger partial charge is 0.420 e. The number of nitrogens with zero attached hydrogens (tertiary/aromatic N) is 2. The minimum atomic E-state index is -0.276. The Morgan fingerprint density at radius 3 is 2.94 bits per heavy atom. The molecule has 1 fully saturated rings. The number of hydrogen-bond donors (Lipinski definition) is 0. The number of benzene rings is 1. The number of rotatable bonds is 2. The van der Waals surface area contributed by atoms with Crippen LogP contribution in [0.4, 0.5) is 4.79 Å². The third kappa shape index (κ3) is 3.06. The van der Waals surface area contributed by atoms with Crippen molar-refractivity contribution in [3.8, 4) is 0 Å². The second kappa shape index (κ2) is 5.82. The van der Waals surface area contributed by atoms with Crippen molar-refractivity contribution in [1.82, 2.24) is 4.31 Å². The molecule has 1 aromatic carbocycles. The second-order valence-electron chi connectivity index (χ2n) is 3.72. The summed E-state index contributed by atoms with van der Waals surface area (Å²) in [6.45, 7) is 1.09. The van der Waals surface area contributed by atoms with Crippen LogP contribution in [0.1, 0.15) is 12.0 Å². The van der Waals surface area contributed by atoms with Gasteiger partial charge in [-0.25, -0.2) is 13.5 Å². The van der Waals surface area contributed by atoms with Crippen LogP contribution in [0, 0.1) is 0 Å². The largest absolute Gasteiger partial charge is 0.444 e. The van der Waals surface area contributed by atoms with Gasteiger partial charge in [-0.3, -0.25) is 0 Å². The average Bonchev–Trinajstić information content (AvgIpc) is 2.85. The van der Waals surface area contributed by atoms with E-state index >= 15 is 0 Å². The van der Waals surface area contributed by atoms with Gasteiger partial charge in [-0.15, -0.1) is 0 Å². The van der Waals surface area contributed by atoms with Gasteiger partial charge in [0.15, 0.2) is 0 Å². The molecule has 1 heterocycles. The molecule has 92 valence electrons. The maximum Gasteiger partial charge on any atom is 0.420 e. The van der Waals surface area contributed by atoms with E-state index in [4.69, 9.17) is 4.74 Å². The predicted octanol–water partition coefficient (Wildman–Crippen LogP) is 2.38. The van der Waals surface area contributed by atoms with Crippen molar-refractivity contribution in [3.05, 3.63) is 35.9 Å². The Morgan fingerprint density at radius 1 is 1.47 bits per heavy atom. The summed E-state index contributed by atoms with van der Waals surface area (Å²) in [6, 6.07) is 9.71. The van der Waals surface area contributed by atoms with E-state index in [-0.39, 0.29) is 17.0 Å². The van der Waals surface area contributed by atoms with Gasteiger partial charge in [0.05, 0.1) is 0 Å². The Labute approximate surface area is 104 Å². The quantitative estimate of drug-likeness (QED) is 0.811. The van der Waals surface area contributed by atoms with E-state index in [1.54, 1.807) is 11.4 Å². The van der Waals surface area contributed by atoms with Crippen LogP contribution in [0.3, 0.4) is 0 Å². The molecule has 0 radical (unpaired) electrons. The molecule has 0 N–H and O–H groups in total. The molecule has 1 aromatic rings. The monoisotopic (exact) mass is 252 g/mol. The van der Waals surface area contributed by atoms with Crippen molar-refractivity contribution < 1.29 is 9.53 Å². The zero-order valence-corrected chi connectivity index (χ0v) is 10.7. The molecule has 1 atom stereocenters. The lowest BCUT2D eigenvalue weighted by molar-refractivity contribution is 0.122. The van der Waals surface area contributed by atoms with E-state index < -0.39 is 0 Å². The van der Waals surface area contributed by atoms with Gasteiger partial charge >= 0.3 is 6.09 Å². The summed E-state index contributed by atoms with van der Waals surface area (Å²) in [7, 11) is 1.48. The number of carbonyl (C=O) groups excluding carboxylic acids is 1. The fourth-order valence-corrected chi connectivity index (χ4v) is 3.26. The summed E-state index contributed by atoms with van der Waals surface area (Å²) >= 11 is 0. The van der Waals surface area contributed by atoms with E-state index in [2.05, 4.69) is 4.36 Å². The van der Waals surface area contributed by atoms with E-state index in [0.29, 0.717) is 6.61 Å². The highest BCUT2D eigenvalue weighted by Crippen LogP contribution is 2.13. The van der Waals surface area contributed by atoms with Gasteiger partial charge < -0.3 is 4.74 Å². The highest BCUT2D eigenvalue weighted by Gasteiger charge is 2.24. The van der Waals surface area contributed by atoms with E-state index in [1.165, 1.54) is 0 Å². The summed E-state index contributed by atoms with van der Waals surface area (Å²) in [5, 5.41) is 0. The SMILES string of the molecule is CN=S1CCCN1C(=O)OCc1ccccc1. The summed E-state index contributed by atoms with van der Waals surface area (Å²) in [6.07, 6.45) is 0.765. The van der Waals surface area contributed by atoms with Crippen molar-refractivity contribution in [1.29, 1.82) is 0 Å². The molecular formula is C12H16N2O2S. The van der Waals surface area contributed by atoms with Crippen LogP contribution in [0.25, 0.3) is 0 Å². The van der Waals surface area contributed by atoms with Gasteiger partial charge in [-0.1, -0.05) is 30.3 Å². The summed E-state index contributed by atoms with van der Waals surface area (Å²) in [5.74, 6) is 0.969. The lowest BCUT2D eigenvalue weighted by atomic mass is 10.2. The molecule has 1 unspecified atom stereocenters. The minimum absolute atomic E-state index is 0.250. The average molecular weight is 252 g/mol. The maximum absolute atomic E-state index is 11.8. The molecular weight excluding hydrogens is 236 g/mol. The third-order valence-electron chi connectivity index (χ3n) is 2.56. The van der Waals surface area contributed by atoms with E-state index in [1.807, 2.05) is 30.3 Å². The first kappa shape index (κ1) is 12.1. The first-order chi connectivity index (χ1) is 8.31. The number of amides is 1. The lowest BCUT2D eigenvalue weighted by Crippen LogP contribution is -2.29. The topological polar surface area (TPSA) is 41.9 Å². The van der Waals surface area contributed by atoms with E-state index in [9.17, 15) is 4.79 Å². The van der Waals surface area contributed by atoms with Crippen molar-refractivity contribution in [3.63, 3.8) is 0 Å². The molecule has 1 aliphatic heterocycles. The Kier molecular flexibility index (Phi) is 4.14. The molecule has 1 saturated heterocycles. The summed E-state index contributed by atoms with van der Waals surface area (Å²) in [5.41, 5.74) is 1.01. The second-order valence-corrected chi connectivity index (χ2v) is 5.62. The molecule has 2 rings (SSSR count). The summed E-state index contributed by atoms with van der Waals surface area (Å²) < 4.78 is 11.2. The molecule has 1 amide bonds. The van der Waals surface area contributed by atoms with E-state index in [0.717, 1.165) is 24.3 Å². The molecule has 0 spiro atoms. The molecule has 17 heavy (non-hydrogen) atoms. The molecule has 4 nitrogen and oxygen atoms in total. The fourth-order valence-electron chi connectivity index (χ4n) is 1.71. The van der Waals surface area contributed by atoms with Crippen LogP contribution >= 0.6 is 0 Å². The Bertz CT molecular complexity index is 420. The van der Waals surface area contributed by atoms with Crippen molar-refractivity contribution in [2.75, 3.05) is 19.3 Å². The minimum Gasteiger partial charge on any atom is -0.444 e. The number of ether oxygens (including phenoxy) is 1. The lowest BCUT2D eigenvalue weighted by Gasteiger charge is -2.16. The van der Waals surface area contributed by atoms with Crippen LogP contribution in [0.2, 0.25) is 0 Å². The van der Waals surface area contributed by atoms with Crippen LogP contribution in [-0.4, -0.2) is 29.7 Å². The van der Waals surface area contributed by atoms with Crippen LogP contribution in [0.5, 0.6) is 0 Å². The van der Waals surface area contributed by atoms with Crippen molar-refractivity contribution in [2.24, 2.45) is 4.36 Å².